The van der Waals surface area contributed by atoms with Crippen molar-refractivity contribution in [2.24, 2.45) is 5.92 Å². The second kappa shape index (κ2) is 6.01. The lowest BCUT2D eigenvalue weighted by Gasteiger charge is -2.14. The van der Waals surface area contributed by atoms with E-state index < -0.39 is 5.97 Å². The van der Waals surface area contributed by atoms with E-state index in [1.165, 1.54) is 5.56 Å². The smallest absolute Gasteiger partial charge is 0.303 e. The molecule has 0 bridgehead atoms. The number of rotatable bonds is 7. The minimum absolute atomic E-state index is 0.175. The van der Waals surface area contributed by atoms with Gasteiger partial charge in [-0.2, -0.15) is 0 Å². The molecule has 0 saturated heterocycles. The standard InChI is InChI=1S/C15H20O3/c16-9-1-2-11-3-5-12(6-4-11)14(10-15(17)18)13-7-8-13/h3-6,13-14,16H,1-2,7-10H2,(H,17,18). The minimum Gasteiger partial charge on any atom is -0.481 e. The van der Waals surface area contributed by atoms with Crippen molar-refractivity contribution in [1.82, 2.24) is 0 Å². The van der Waals surface area contributed by atoms with Crippen molar-refractivity contribution in [3.8, 4) is 0 Å². The lowest BCUT2D eigenvalue weighted by Crippen LogP contribution is -2.08. The number of aryl methyl sites for hydroxylation is 1. The van der Waals surface area contributed by atoms with Crippen LogP contribution in [-0.2, 0) is 11.2 Å². The summed E-state index contributed by atoms with van der Waals surface area (Å²) < 4.78 is 0. The predicted octanol–water partition coefficient (Wildman–Crippen LogP) is 2.58. The molecule has 1 unspecified atom stereocenters. The molecule has 0 aromatic heterocycles. The molecule has 1 aromatic carbocycles. The van der Waals surface area contributed by atoms with E-state index in [1.54, 1.807) is 0 Å². The lowest BCUT2D eigenvalue weighted by atomic mass is 9.90. The van der Waals surface area contributed by atoms with Crippen molar-refractivity contribution in [3.05, 3.63) is 35.4 Å². The summed E-state index contributed by atoms with van der Waals surface area (Å²) in [7, 11) is 0. The van der Waals surface area contributed by atoms with Crippen LogP contribution in [0.15, 0.2) is 24.3 Å². The Morgan fingerprint density at radius 3 is 2.44 bits per heavy atom. The highest BCUT2D eigenvalue weighted by atomic mass is 16.4. The van der Waals surface area contributed by atoms with Gasteiger partial charge >= 0.3 is 5.97 Å². The zero-order chi connectivity index (χ0) is 13.0. The fraction of sp³-hybridized carbons (Fsp3) is 0.533. The van der Waals surface area contributed by atoms with E-state index in [-0.39, 0.29) is 18.9 Å². The summed E-state index contributed by atoms with van der Waals surface area (Å²) in [6.07, 6.45) is 4.21. The third-order valence-corrected chi connectivity index (χ3v) is 3.62. The van der Waals surface area contributed by atoms with Crippen LogP contribution in [0.5, 0.6) is 0 Å². The zero-order valence-corrected chi connectivity index (χ0v) is 10.5. The van der Waals surface area contributed by atoms with Crippen LogP contribution in [0.4, 0.5) is 0 Å². The van der Waals surface area contributed by atoms with Gasteiger partial charge in [-0.15, -0.1) is 0 Å². The lowest BCUT2D eigenvalue weighted by molar-refractivity contribution is -0.137. The normalized spacial score (nSPS) is 16.5. The second-order valence-corrected chi connectivity index (χ2v) is 5.11. The average Bonchev–Trinajstić information content (AvgIpc) is 3.18. The third kappa shape index (κ3) is 3.57. The summed E-state index contributed by atoms with van der Waals surface area (Å²) in [4.78, 5) is 10.9. The zero-order valence-electron chi connectivity index (χ0n) is 10.5. The Morgan fingerprint density at radius 1 is 1.28 bits per heavy atom. The number of hydrogen-bond donors (Lipinski definition) is 2. The molecule has 0 amide bonds. The van der Waals surface area contributed by atoms with Crippen LogP contribution < -0.4 is 0 Å². The summed E-state index contributed by atoms with van der Waals surface area (Å²) in [6.45, 7) is 0.214. The van der Waals surface area contributed by atoms with Gasteiger partial charge in [-0.1, -0.05) is 24.3 Å². The summed E-state index contributed by atoms with van der Waals surface area (Å²) in [5.41, 5.74) is 2.35. The van der Waals surface area contributed by atoms with E-state index in [2.05, 4.69) is 24.3 Å². The van der Waals surface area contributed by atoms with Gasteiger partial charge in [0, 0.05) is 6.61 Å². The maximum absolute atomic E-state index is 10.9. The van der Waals surface area contributed by atoms with Crippen molar-refractivity contribution in [2.75, 3.05) is 6.61 Å². The number of carboxylic acids is 1. The largest absolute Gasteiger partial charge is 0.481 e. The highest BCUT2D eigenvalue weighted by Gasteiger charge is 2.33. The molecular weight excluding hydrogens is 228 g/mol. The van der Waals surface area contributed by atoms with E-state index in [4.69, 9.17) is 10.2 Å². The molecule has 18 heavy (non-hydrogen) atoms. The molecule has 3 heteroatoms. The second-order valence-electron chi connectivity index (χ2n) is 5.11. The van der Waals surface area contributed by atoms with Crippen LogP contribution >= 0.6 is 0 Å². The molecular formula is C15H20O3. The summed E-state index contributed by atoms with van der Waals surface area (Å²) in [5, 5.41) is 17.8. The first kappa shape index (κ1) is 13.1. The summed E-state index contributed by atoms with van der Waals surface area (Å²) in [5.74, 6) is 0.0232. The topological polar surface area (TPSA) is 57.5 Å². The highest BCUT2D eigenvalue weighted by molar-refractivity contribution is 5.68. The highest BCUT2D eigenvalue weighted by Crippen LogP contribution is 2.44. The van der Waals surface area contributed by atoms with E-state index in [0.717, 1.165) is 31.2 Å². The first-order chi connectivity index (χ1) is 8.70. The Bertz CT molecular complexity index is 393. The van der Waals surface area contributed by atoms with Crippen molar-refractivity contribution < 1.29 is 15.0 Å². The van der Waals surface area contributed by atoms with Gasteiger partial charge < -0.3 is 10.2 Å². The molecule has 2 rings (SSSR count). The first-order valence-corrected chi connectivity index (χ1v) is 6.62. The van der Waals surface area contributed by atoms with Crippen molar-refractivity contribution in [2.45, 2.75) is 38.0 Å². The predicted molar refractivity (Wildman–Crippen MR) is 69.6 cm³/mol. The number of aliphatic hydroxyl groups is 1. The number of aliphatic hydroxyl groups excluding tert-OH is 1. The van der Waals surface area contributed by atoms with Gasteiger partial charge in [-0.05, 0) is 48.6 Å². The molecule has 0 radical (unpaired) electrons. The van der Waals surface area contributed by atoms with Crippen molar-refractivity contribution in [3.63, 3.8) is 0 Å². The quantitative estimate of drug-likeness (QED) is 0.779. The monoisotopic (exact) mass is 248 g/mol. The van der Waals surface area contributed by atoms with Crippen LogP contribution in [0, 0.1) is 5.92 Å². The Balaban J connectivity index is 2.03. The summed E-state index contributed by atoms with van der Waals surface area (Å²) >= 11 is 0. The first-order valence-electron chi connectivity index (χ1n) is 6.62. The van der Waals surface area contributed by atoms with Gasteiger partial charge in [0.25, 0.3) is 0 Å². The number of benzene rings is 1. The molecule has 1 aliphatic rings. The van der Waals surface area contributed by atoms with Crippen LogP contribution in [0.1, 0.15) is 42.7 Å². The fourth-order valence-corrected chi connectivity index (χ4v) is 2.46. The third-order valence-electron chi connectivity index (χ3n) is 3.62. The Labute approximate surface area is 107 Å². The maximum atomic E-state index is 10.9. The average molecular weight is 248 g/mol. The maximum Gasteiger partial charge on any atom is 0.303 e. The van der Waals surface area contributed by atoms with Gasteiger partial charge in [0.2, 0.25) is 0 Å². The number of carbonyl (C=O) groups is 1. The van der Waals surface area contributed by atoms with E-state index in [0.29, 0.717) is 5.92 Å². The van der Waals surface area contributed by atoms with Crippen LogP contribution in [0.2, 0.25) is 0 Å². The number of hydrogen-bond acceptors (Lipinski definition) is 2. The Hall–Kier alpha value is -1.35. The number of carboxylic acid groups (broad SMARTS) is 1. The molecule has 1 aliphatic carbocycles. The van der Waals surface area contributed by atoms with Gasteiger partial charge in [-0.25, -0.2) is 0 Å². The minimum atomic E-state index is -0.712. The van der Waals surface area contributed by atoms with Crippen LogP contribution in [0.25, 0.3) is 0 Å². The van der Waals surface area contributed by atoms with Crippen molar-refractivity contribution >= 4 is 5.97 Å². The molecule has 0 spiro atoms. The van der Waals surface area contributed by atoms with Gasteiger partial charge in [0.1, 0.15) is 0 Å². The molecule has 1 fully saturated rings. The fourth-order valence-electron chi connectivity index (χ4n) is 2.46. The SMILES string of the molecule is O=C(O)CC(c1ccc(CCCO)cc1)C1CC1. The molecule has 0 aliphatic heterocycles. The Morgan fingerprint density at radius 2 is 1.94 bits per heavy atom. The molecule has 1 aromatic rings. The van der Waals surface area contributed by atoms with Crippen LogP contribution in [0.3, 0.4) is 0 Å². The molecule has 0 heterocycles. The van der Waals surface area contributed by atoms with E-state index >= 15 is 0 Å². The van der Waals surface area contributed by atoms with Crippen LogP contribution in [-0.4, -0.2) is 22.8 Å². The molecule has 2 N–H and O–H groups in total. The van der Waals surface area contributed by atoms with E-state index in [9.17, 15) is 4.79 Å². The van der Waals surface area contributed by atoms with Gasteiger partial charge in [0.15, 0.2) is 0 Å². The molecule has 1 atom stereocenters. The molecule has 98 valence electrons. The molecule has 3 nitrogen and oxygen atoms in total. The Kier molecular flexibility index (Phi) is 4.37. The van der Waals surface area contributed by atoms with Gasteiger partial charge in [0.05, 0.1) is 6.42 Å². The number of aliphatic carboxylic acids is 1. The summed E-state index contributed by atoms with van der Waals surface area (Å²) in [6, 6.07) is 8.22. The molecule has 1 saturated carbocycles. The van der Waals surface area contributed by atoms with Gasteiger partial charge in [-0.3, -0.25) is 4.79 Å². The van der Waals surface area contributed by atoms with Crippen molar-refractivity contribution in [1.29, 1.82) is 0 Å². The van der Waals surface area contributed by atoms with E-state index in [1.807, 2.05) is 0 Å².